The number of fused-ring (bicyclic) bond motifs is 1. The Labute approximate surface area is 131 Å². The molecular weight excluding hydrogens is 294 g/mol. The van der Waals surface area contributed by atoms with Crippen molar-refractivity contribution < 1.29 is 8.42 Å². The lowest BCUT2D eigenvalue weighted by Gasteiger charge is -2.22. The highest BCUT2D eigenvalue weighted by Crippen LogP contribution is 2.46. The first-order chi connectivity index (χ1) is 10.3. The quantitative estimate of drug-likeness (QED) is 0.847. The first-order valence-electron chi connectivity index (χ1n) is 7.14. The van der Waals surface area contributed by atoms with Gasteiger partial charge in [0.1, 0.15) is 0 Å². The van der Waals surface area contributed by atoms with Crippen LogP contribution in [0.1, 0.15) is 19.4 Å². The number of allylic oxidation sites excluding steroid dienone is 1. The first-order valence-corrected chi connectivity index (χ1v) is 8.62. The van der Waals surface area contributed by atoms with Gasteiger partial charge in [0.2, 0.25) is 9.84 Å². The summed E-state index contributed by atoms with van der Waals surface area (Å²) in [6.45, 7) is 8.26. The molecule has 0 saturated carbocycles. The third-order valence-electron chi connectivity index (χ3n) is 4.49. The van der Waals surface area contributed by atoms with Crippen molar-refractivity contribution in [1.82, 2.24) is 0 Å². The van der Waals surface area contributed by atoms with E-state index in [0.29, 0.717) is 9.79 Å². The Kier molecular flexibility index (Phi) is 3.18. The molecule has 2 aromatic rings. The van der Waals surface area contributed by atoms with Gasteiger partial charge in [-0.2, -0.15) is 0 Å². The summed E-state index contributed by atoms with van der Waals surface area (Å²) in [6, 6.07) is 13.9. The van der Waals surface area contributed by atoms with Crippen molar-refractivity contribution in [1.29, 1.82) is 0 Å². The maximum Gasteiger partial charge on any atom is 0.206 e. The number of likely N-dealkylation sites (N-methyl/N-ethyl adjacent to an activating group) is 1. The van der Waals surface area contributed by atoms with Gasteiger partial charge < -0.3 is 4.90 Å². The second-order valence-electron chi connectivity index (χ2n) is 6.13. The van der Waals surface area contributed by atoms with E-state index in [1.807, 2.05) is 24.1 Å². The fourth-order valence-electron chi connectivity index (χ4n) is 2.93. The van der Waals surface area contributed by atoms with Crippen molar-refractivity contribution in [2.45, 2.75) is 29.1 Å². The van der Waals surface area contributed by atoms with Gasteiger partial charge in [-0.05, 0) is 35.9 Å². The maximum atomic E-state index is 12.8. The van der Waals surface area contributed by atoms with Gasteiger partial charge in [-0.25, -0.2) is 8.42 Å². The van der Waals surface area contributed by atoms with E-state index in [-0.39, 0.29) is 5.41 Å². The fourth-order valence-corrected chi connectivity index (χ4v) is 4.24. The molecule has 0 aliphatic carbocycles. The average molecular weight is 313 g/mol. The van der Waals surface area contributed by atoms with E-state index >= 15 is 0 Å². The molecule has 4 heteroatoms. The van der Waals surface area contributed by atoms with Crippen molar-refractivity contribution in [3.8, 4) is 0 Å². The highest BCUT2D eigenvalue weighted by Gasteiger charge is 2.38. The molecule has 0 radical (unpaired) electrons. The summed E-state index contributed by atoms with van der Waals surface area (Å²) < 4.78 is 25.5. The van der Waals surface area contributed by atoms with Crippen LogP contribution >= 0.6 is 0 Å². The lowest BCUT2D eigenvalue weighted by Crippen LogP contribution is -2.21. The number of hydrogen-bond acceptors (Lipinski definition) is 3. The molecule has 1 heterocycles. The molecule has 0 bridgehead atoms. The molecule has 1 aliphatic rings. The monoisotopic (exact) mass is 313 g/mol. The summed E-state index contributed by atoms with van der Waals surface area (Å²) in [7, 11) is -1.53. The molecule has 0 N–H and O–H groups in total. The zero-order valence-corrected chi connectivity index (χ0v) is 13.8. The summed E-state index contributed by atoms with van der Waals surface area (Å²) in [6.07, 6.45) is 0. The zero-order valence-electron chi connectivity index (χ0n) is 13.0. The normalized spacial score (nSPS) is 16.7. The third-order valence-corrected chi connectivity index (χ3v) is 6.26. The van der Waals surface area contributed by atoms with Crippen LogP contribution in [0.25, 0.3) is 0 Å². The van der Waals surface area contributed by atoms with Crippen LogP contribution in [-0.4, -0.2) is 15.5 Å². The lowest BCUT2D eigenvalue weighted by atomic mass is 9.84. The number of benzene rings is 2. The minimum Gasteiger partial charge on any atom is -0.348 e. The molecule has 0 amide bonds. The maximum absolute atomic E-state index is 12.8. The third kappa shape index (κ3) is 1.98. The highest BCUT2D eigenvalue weighted by atomic mass is 32.2. The molecule has 0 aromatic heterocycles. The van der Waals surface area contributed by atoms with E-state index in [0.717, 1.165) is 16.9 Å². The predicted molar refractivity (Wildman–Crippen MR) is 88.9 cm³/mol. The van der Waals surface area contributed by atoms with E-state index in [1.165, 1.54) is 0 Å². The van der Waals surface area contributed by atoms with Gasteiger partial charge in [0, 0.05) is 23.8 Å². The Morgan fingerprint density at radius 1 is 1.00 bits per heavy atom. The topological polar surface area (TPSA) is 37.4 Å². The zero-order chi connectivity index (χ0) is 16.1. The molecule has 2 aromatic carbocycles. The predicted octanol–water partition coefficient (Wildman–Crippen LogP) is 3.76. The van der Waals surface area contributed by atoms with Gasteiger partial charge in [-0.15, -0.1) is 0 Å². The van der Waals surface area contributed by atoms with E-state index in [2.05, 4.69) is 20.4 Å². The number of anilines is 1. The van der Waals surface area contributed by atoms with E-state index in [9.17, 15) is 8.42 Å². The summed E-state index contributed by atoms with van der Waals surface area (Å²) in [5.41, 5.74) is 2.71. The van der Waals surface area contributed by atoms with Crippen molar-refractivity contribution in [3.05, 3.63) is 66.4 Å². The van der Waals surface area contributed by atoms with Crippen LogP contribution in [0.2, 0.25) is 0 Å². The van der Waals surface area contributed by atoms with E-state index < -0.39 is 9.84 Å². The highest BCUT2D eigenvalue weighted by molar-refractivity contribution is 7.91. The van der Waals surface area contributed by atoms with E-state index in [1.54, 1.807) is 36.4 Å². The van der Waals surface area contributed by atoms with Crippen LogP contribution < -0.4 is 4.90 Å². The largest absolute Gasteiger partial charge is 0.348 e. The molecule has 3 nitrogen and oxygen atoms in total. The van der Waals surface area contributed by atoms with Gasteiger partial charge in [-0.1, -0.05) is 38.6 Å². The van der Waals surface area contributed by atoms with Gasteiger partial charge >= 0.3 is 0 Å². The molecule has 0 fully saturated rings. The lowest BCUT2D eigenvalue weighted by molar-refractivity contribution is 0.595. The average Bonchev–Trinajstić information content (AvgIpc) is 2.69. The van der Waals surface area contributed by atoms with Crippen molar-refractivity contribution in [3.63, 3.8) is 0 Å². The van der Waals surface area contributed by atoms with Crippen LogP contribution in [0.4, 0.5) is 5.69 Å². The molecule has 3 rings (SSSR count). The number of hydrogen-bond donors (Lipinski definition) is 0. The SMILES string of the molecule is C=C1N(C)c2ccc(S(=O)(=O)c3ccccc3)cc2C1(C)C. The van der Waals surface area contributed by atoms with Crippen molar-refractivity contribution in [2.24, 2.45) is 0 Å². The second-order valence-corrected chi connectivity index (χ2v) is 8.08. The summed E-state index contributed by atoms with van der Waals surface area (Å²) in [4.78, 5) is 2.67. The van der Waals surface area contributed by atoms with Crippen LogP contribution in [-0.2, 0) is 15.3 Å². The minimum absolute atomic E-state index is 0.272. The Morgan fingerprint density at radius 2 is 1.64 bits per heavy atom. The summed E-state index contributed by atoms with van der Waals surface area (Å²) in [5, 5.41) is 0. The van der Waals surface area contributed by atoms with Gasteiger partial charge in [0.25, 0.3) is 0 Å². The fraction of sp³-hybridized carbons (Fsp3) is 0.222. The molecule has 22 heavy (non-hydrogen) atoms. The standard InChI is InChI=1S/C18H19NO2S/c1-13-18(2,3)16-12-15(10-11-17(16)19(13)4)22(20,21)14-8-6-5-7-9-14/h5-12H,1H2,2-4H3. The molecule has 0 spiro atoms. The van der Waals surface area contributed by atoms with Crippen LogP contribution in [0.3, 0.4) is 0 Å². The number of nitrogens with zero attached hydrogens (tertiary/aromatic N) is 1. The van der Waals surface area contributed by atoms with Gasteiger partial charge in [0.05, 0.1) is 9.79 Å². The Hall–Kier alpha value is -2.07. The molecule has 114 valence electrons. The number of sulfone groups is 1. The van der Waals surface area contributed by atoms with Crippen LogP contribution in [0.5, 0.6) is 0 Å². The van der Waals surface area contributed by atoms with Crippen molar-refractivity contribution >= 4 is 15.5 Å². The van der Waals surface area contributed by atoms with Gasteiger partial charge in [-0.3, -0.25) is 0 Å². The van der Waals surface area contributed by atoms with Crippen LogP contribution in [0, 0.1) is 0 Å². The van der Waals surface area contributed by atoms with E-state index in [4.69, 9.17) is 0 Å². The Morgan fingerprint density at radius 3 is 2.27 bits per heavy atom. The smallest absolute Gasteiger partial charge is 0.206 e. The summed E-state index contributed by atoms with van der Waals surface area (Å²) >= 11 is 0. The minimum atomic E-state index is -3.49. The summed E-state index contributed by atoms with van der Waals surface area (Å²) in [5.74, 6) is 0. The van der Waals surface area contributed by atoms with Crippen LogP contribution in [0.15, 0.2) is 70.6 Å². The number of rotatable bonds is 2. The molecular formula is C18H19NO2S. The van der Waals surface area contributed by atoms with Gasteiger partial charge in [0.15, 0.2) is 0 Å². The molecule has 1 aliphatic heterocycles. The molecule has 0 unspecified atom stereocenters. The Bertz CT molecular complexity index is 852. The second kappa shape index (κ2) is 4.71. The Balaban J connectivity index is 2.18. The van der Waals surface area contributed by atoms with Crippen molar-refractivity contribution in [2.75, 3.05) is 11.9 Å². The molecule has 0 saturated heterocycles. The first kappa shape index (κ1) is 14.9. The molecule has 0 atom stereocenters.